The number of anilines is 2. The number of hydrogen-bond donors (Lipinski definition) is 3. The largest absolute Gasteiger partial charge is 0.331 e. The Labute approximate surface area is 169 Å². The van der Waals surface area contributed by atoms with Crippen molar-refractivity contribution in [3.05, 3.63) is 57.6 Å². The fourth-order valence-corrected chi connectivity index (χ4v) is 2.98. The predicted octanol–water partition coefficient (Wildman–Crippen LogP) is 5.78. The van der Waals surface area contributed by atoms with E-state index in [2.05, 4.69) is 16.0 Å². The first kappa shape index (κ1) is 21.1. The van der Waals surface area contributed by atoms with Gasteiger partial charge in [0.1, 0.15) is 0 Å². The van der Waals surface area contributed by atoms with Crippen molar-refractivity contribution in [3.63, 3.8) is 0 Å². The molecule has 0 spiro atoms. The smallest absolute Gasteiger partial charge is 0.319 e. The minimum Gasteiger partial charge on any atom is -0.331 e. The molecule has 0 aliphatic heterocycles. The van der Waals surface area contributed by atoms with Crippen LogP contribution >= 0.6 is 23.2 Å². The van der Waals surface area contributed by atoms with E-state index in [9.17, 15) is 9.59 Å². The zero-order chi connectivity index (χ0) is 20.1. The van der Waals surface area contributed by atoms with Gasteiger partial charge < -0.3 is 16.0 Å². The van der Waals surface area contributed by atoms with E-state index in [1.165, 1.54) is 0 Å². The maximum Gasteiger partial charge on any atom is 0.319 e. The van der Waals surface area contributed by atoms with E-state index < -0.39 is 0 Å². The van der Waals surface area contributed by atoms with Crippen molar-refractivity contribution < 1.29 is 9.59 Å². The number of nitrogens with one attached hydrogen (secondary N) is 3. The van der Waals surface area contributed by atoms with Gasteiger partial charge in [0, 0.05) is 27.3 Å². The van der Waals surface area contributed by atoms with Crippen LogP contribution in [0, 0.1) is 12.8 Å². The molecule has 5 nitrogen and oxygen atoms in total. The summed E-state index contributed by atoms with van der Waals surface area (Å²) in [4.78, 5) is 24.2. The van der Waals surface area contributed by atoms with Crippen LogP contribution in [0.15, 0.2) is 36.4 Å². The highest BCUT2D eigenvalue weighted by molar-refractivity contribution is 6.35. The van der Waals surface area contributed by atoms with E-state index in [4.69, 9.17) is 23.2 Å². The van der Waals surface area contributed by atoms with Gasteiger partial charge in [0.05, 0.1) is 6.04 Å². The van der Waals surface area contributed by atoms with Crippen LogP contribution in [0.3, 0.4) is 0 Å². The van der Waals surface area contributed by atoms with Crippen molar-refractivity contribution in [1.29, 1.82) is 0 Å². The Morgan fingerprint density at radius 3 is 2.30 bits per heavy atom. The first-order chi connectivity index (χ1) is 12.7. The van der Waals surface area contributed by atoms with E-state index in [0.29, 0.717) is 21.4 Å². The van der Waals surface area contributed by atoms with Gasteiger partial charge in [-0.3, -0.25) is 4.79 Å². The Bertz CT molecular complexity index is 853. The van der Waals surface area contributed by atoms with E-state index in [1.54, 1.807) is 30.3 Å². The lowest BCUT2D eigenvalue weighted by Crippen LogP contribution is -2.31. The monoisotopic (exact) mass is 407 g/mol. The molecule has 1 unspecified atom stereocenters. The molecule has 0 saturated heterocycles. The number of benzene rings is 2. The number of aryl methyl sites for hydroxylation is 1. The van der Waals surface area contributed by atoms with Crippen LogP contribution in [0.4, 0.5) is 16.2 Å². The van der Waals surface area contributed by atoms with Crippen LogP contribution < -0.4 is 16.0 Å². The van der Waals surface area contributed by atoms with Gasteiger partial charge in [0.15, 0.2) is 0 Å². The molecule has 0 aliphatic carbocycles. The van der Waals surface area contributed by atoms with E-state index in [1.807, 2.05) is 33.8 Å². The molecule has 0 heterocycles. The minimum absolute atomic E-state index is 0.0831. The fourth-order valence-electron chi connectivity index (χ4n) is 2.41. The molecule has 3 amide bonds. The van der Waals surface area contributed by atoms with Gasteiger partial charge in [-0.05, 0) is 49.2 Å². The quantitative estimate of drug-likeness (QED) is 0.587. The van der Waals surface area contributed by atoms with Crippen LogP contribution in [0.2, 0.25) is 10.0 Å². The molecule has 144 valence electrons. The molecule has 0 saturated carbocycles. The number of rotatable bonds is 5. The highest BCUT2D eigenvalue weighted by Crippen LogP contribution is 2.26. The average Bonchev–Trinajstić information content (AvgIpc) is 2.57. The van der Waals surface area contributed by atoms with Gasteiger partial charge in [-0.15, -0.1) is 0 Å². The Kier molecular flexibility index (Phi) is 7.11. The van der Waals surface area contributed by atoms with Crippen molar-refractivity contribution in [2.24, 2.45) is 5.92 Å². The zero-order valence-corrected chi connectivity index (χ0v) is 17.2. The number of amides is 3. The molecule has 3 N–H and O–H groups in total. The maximum absolute atomic E-state index is 12.4. The summed E-state index contributed by atoms with van der Waals surface area (Å²) in [5.74, 6) is -0.212. The highest BCUT2D eigenvalue weighted by Gasteiger charge is 2.14. The first-order valence-corrected chi connectivity index (χ1v) is 9.37. The zero-order valence-electron chi connectivity index (χ0n) is 15.7. The SMILES string of the molecule is Cc1ccc(NC(=O)C(C)C)cc1NC(=O)NC(C)c1ccc(Cl)cc1Cl. The van der Waals surface area contributed by atoms with Crippen LogP contribution in [0.5, 0.6) is 0 Å². The molecule has 0 fully saturated rings. The molecule has 2 rings (SSSR count). The van der Waals surface area contributed by atoms with Crippen LogP contribution in [-0.4, -0.2) is 11.9 Å². The lowest BCUT2D eigenvalue weighted by molar-refractivity contribution is -0.118. The molecule has 0 aromatic heterocycles. The second-order valence-corrected chi connectivity index (χ2v) is 7.50. The Morgan fingerprint density at radius 2 is 1.67 bits per heavy atom. The third-order valence-corrected chi connectivity index (χ3v) is 4.62. The maximum atomic E-state index is 12.4. The highest BCUT2D eigenvalue weighted by atomic mass is 35.5. The molecule has 1 atom stereocenters. The first-order valence-electron chi connectivity index (χ1n) is 8.61. The lowest BCUT2D eigenvalue weighted by Gasteiger charge is -2.18. The van der Waals surface area contributed by atoms with Crippen LogP contribution in [0.1, 0.15) is 37.9 Å². The van der Waals surface area contributed by atoms with Crippen molar-refractivity contribution in [2.75, 3.05) is 10.6 Å². The summed E-state index contributed by atoms with van der Waals surface area (Å²) in [5.41, 5.74) is 2.89. The van der Waals surface area contributed by atoms with E-state index >= 15 is 0 Å². The lowest BCUT2D eigenvalue weighted by atomic mass is 10.1. The second kappa shape index (κ2) is 9.11. The summed E-state index contributed by atoms with van der Waals surface area (Å²) in [6.07, 6.45) is 0. The van der Waals surface area contributed by atoms with Gasteiger partial charge in [0.2, 0.25) is 5.91 Å². The Hall–Kier alpha value is -2.24. The van der Waals surface area contributed by atoms with E-state index in [-0.39, 0.29) is 23.9 Å². The van der Waals surface area contributed by atoms with Crippen molar-refractivity contribution in [2.45, 2.75) is 33.7 Å². The summed E-state index contributed by atoms with van der Waals surface area (Å²) in [6, 6.07) is 9.84. The van der Waals surface area contributed by atoms with Crippen molar-refractivity contribution in [1.82, 2.24) is 5.32 Å². The second-order valence-electron chi connectivity index (χ2n) is 6.66. The number of carbonyl (C=O) groups is 2. The molecule has 7 heteroatoms. The Balaban J connectivity index is 2.07. The third-order valence-electron chi connectivity index (χ3n) is 4.05. The van der Waals surface area contributed by atoms with Crippen molar-refractivity contribution in [3.8, 4) is 0 Å². The summed E-state index contributed by atoms with van der Waals surface area (Å²) in [6.45, 7) is 7.35. The van der Waals surface area contributed by atoms with Gasteiger partial charge in [0.25, 0.3) is 0 Å². The number of urea groups is 1. The summed E-state index contributed by atoms with van der Waals surface area (Å²) < 4.78 is 0. The van der Waals surface area contributed by atoms with Crippen LogP contribution in [-0.2, 0) is 4.79 Å². The number of halogens is 2. The average molecular weight is 408 g/mol. The topological polar surface area (TPSA) is 70.2 Å². The molecule has 0 bridgehead atoms. The van der Waals surface area contributed by atoms with Gasteiger partial charge >= 0.3 is 6.03 Å². The number of carbonyl (C=O) groups excluding carboxylic acids is 2. The van der Waals surface area contributed by atoms with Gasteiger partial charge in [-0.1, -0.05) is 49.2 Å². The summed E-state index contributed by atoms with van der Waals surface area (Å²) >= 11 is 12.1. The molecule has 0 aliphatic rings. The fraction of sp³-hybridized carbons (Fsp3) is 0.300. The van der Waals surface area contributed by atoms with E-state index in [0.717, 1.165) is 11.1 Å². The standard InChI is InChI=1S/C20H23Cl2N3O2/c1-11(2)19(26)24-15-7-5-12(3)18(10-15)25-20(27)23-13(4)16-8-6-14(21)9-17(16)22/h5-11,13H,1-4H3,(H,24,26)(H2,23,25,27). The molecule has 2 aromatic rings. The molecule has 2 aromatic carbocycles. The molecular weight excluding hydrogens is 385 g/mol. The Morgan fingerprint density at radius 1 is 0.963 bits per heavy atom. The third kappa shape index (κ3) is 5.88. The van der Waals surface area contributed by atoms with Crippen LogP contribution in [0.25, 0.3) is 0 Å². The molecular formula is C20H23Cl2N3O2. The molecule has 27 heavy (non-hydrogen) atoms. The minimum atomic E-state index is -0.371. The summed E-state index contributed by atoms with van der Waals surface area (Å²) in [5, 5.41) is 9.51. The predicted molar refractivity (Wildman–Crippen MR) is 112 cm³/mol. The van der Waals surface area contributed by atoms with Gasteiger partial charge in [-0.25, -0.2) is 4.79 Å². The number of hydrogen-bond acceptors (Lipinski definition) is 2. The summed E-state index contributed by atoms with van der Waals surface area (Å²) in [7, 11) is 0. The van der Waals surface area contributed by atoms with Gasteiger partial charge in [-0.2, -0.15) is 0 Å². The normalized spacial score (nSPS) is 11.8. The van der Waals surface area contributed by atoms with Crippen molar-refractivity contribution >= 4 is 46.5 Å². The molecule has 0 radical (unpaired) electrons.